The molecule has 3 aliphatic heterocycles. The average molecular weight is 330 g/mol. The van der Waals surface area contributed by atoms with Crippen molar-refractivity contribution in [2.45, 2.75) is 19.8 Å². The third-order valence-corrected chi connectivity index (χ3v) is 5.76. The first-order chi connectivity index (χ1) is 8.24. The Morgan fingerprint density at radius 3 is 2.72 bits per heavy atom. The first kappa shape index (κ1) is 14.2. The Balaban J connectivity index is 0.00000120. The second-order valence-corrected chi connectivity index (χ2v) is 6.52. The number of piperidine rings is 3. The summed E-state index contributed by atoms with van der Waals surface area (Å²) in [5.41, 5.74) is 0. The highest BCUT2D eigenvalue weighted by atomic mass is 79.9. The second kappa shape index (κ2) is 5.43. The van der Waals surface area contributed by atoms with E-state index < -0.39 is 0 Å². The molecule has 4 heterocycles. The lowest BCUT2D eigenvalue weighted by atomic mass is 9.75. The summed E-state index contributed by atoms with van der Waals surface area (Å²) in [6.07, 6.45) is 2.52. The zero-order valence-corrected chi connectivity index (χ0v) is 13.2. The number of Topliss-reactive ketones (excluding diaryl/α,β-unsaturated/α-hetero) is 1. The van der Waals surface area contributed by atoms with Gasteiger partial charge in [0.15, 0.2) is 5.78 Å². The number of hydrogen-bond acceptors (Lipinski definition) is 2. The summed E-state index contributed by atoms with van der Waals surface area (Å²) in [5.74, 6) is 1.38. The molecule has 0 aliphatic carbocycles. The highest BCUT2D eigenvalue weighted by Crippen LogP contribution is 2.39. The van der Waals surface area contributed by atoms with Crippen LogP contribution in [0.4, 0.5) is 0 Å². The van der Waals surface area contributed by atoms with Crippen molar-refractivity contribution in [3.63, 3.8) is 0 Å². The monoisotopic (exact) mass is 329 g/mol. The van der Waals surface area contributed by atoms with Crippen LogP contribution in [0.5, 0.6) is 0 Å². The van der Waals surface area contributed by atoms with Crippen LogP contribution in [0, 0.1) is 11.8 Å². The Morgan fingerprint density at radius 2 is 2.17 bits per heavy atom. The molecule has 0 aromatic carbocycles. The number of thiophene rings is 1. The molecule has 0 amide bonds. The van der Waals surface area contributed by atoms with Crippen LogP contribution in [0.25, 0.3) is 0 Å². The summed E-state index contributed by atoms with van der Waals surface area (Å²) in [4.78, 5) is 13.5. The van der Waals surface area contributed by atoms with Gasteiger partial charge in [0.1, 0.15) is 0 Å². The van der Waals surface area contributed by atoms with Crippen LogP contribution in [-0.2, 0) is 0 Å². The van der Waals surface area contributed by atoms with Crippen LogP contribution in [-0.4, -0.2) is 36.4 Å². The molecule has 0 spiro atoms. The lowest BCUT2D eigenvalue weighted by Gasteiger charge is -2.51. The first-order valence-electron chi connectivity index (χ1n) is 6.67. The number of halogens is 1. The Bertz CT molecular complexity index is 409. The molecule has 18 heavy (non-hydrogen) atoms. The van der Waals surface area contributed by atoms with Gasteiger partial charge in [0.05, 0.1) is 37.0 Å². The molecule has 3 fully saturated rings. The lowest BCUT2D eigenvalue weighted by Crippen LogP contribution is -3.00. The number of quaternary nitrogens is 1. The third kappa shape index (κ3) is 2.30. The van der Waals surface area contributed by atoms with E-state index in [0.29, 0.717) is 17.6 Å². The molecule has 2 bridgehead atoms. The number of nitrogens with zero attached hydrogens (tertiary/aromatic N) is 1. The van der Waals surface area contributed by atoms with Crippen molar-refractivity contribution < 1.29 is 26.3 Å². The fraction of sp³-hybridized carbons (Fsp3) is 0.643. The van der Waals surface area contributed by atoms with Crippen LogP contribution < -0.4 is 17.0 Å². The zero-order valence-electron chi connectivity index (χ0n) is 10.8. The molecule has 2 nitrogen and oxygen atoms in total. The molecular weight excluding hydrogens is 310 g/mol. The van der Waals surface area contributed by atoms with Crippen molar-refractivity contribution in [2.75, 3.05) is 26.2 Å². The fourth-order valence-electron chi connectivity index (χ4n) is 3.63. The normalized spacial score (nSPS) is 34.1. The van der Waals surface area contributed by atoms with Gasteiger partial charge in [0, 0.05) is 12.8 Å². The number of carbonyl (C=O) groups excluding carboxylic acids is 1. The van der Waals surface area contributed by atoms with Crippen molar-refractivity contribution in [1.29, 1.82) is 0 Å². The molecule has 1 unspecified atom stereocenters. The molecule has 0 saturated carbocycles. The van der Waals surface area contributed by atoms with E-state index in [1.54, 1.807) is 11.3 Å². The molecule has 4 heteroatoms. The van der Waals surface area contributed by atoms with Gasteiger partial charge in [-0.25, -0.2) is 0 Å². The van der Waals surface area contributed by atoms with E-state index in [1.807, 2.05) is 17.5 Å². The Hall–Kier alpha value is -0.190. The van der Waals surface area contributed by atoms with E-state index in [0.717, 1.165) is 11.4 Å². The van der Waals surface area contributed by atoms with Crippen molar-refractivity contribution in [3.8, 4) is 0 Å². The lowest BCUT2D eigenvalue weighted by molar-refractivity contribution is -0.943. The molecule has 0 radical (unpaired) electrons. The Labute approximate surface area is 123 Å². The zero-order chi connectivity index (χ0) is 11.9. The topological polar surface area (TPSA) is 17.1 Å². The van der Waals surface area contributed by atoms with Crippen LogP contribution in [0.15, 0.2) is 17.5 Å². The maximum Gasteiger partial charge on any atom is 0.181 e. The molecular formula is C14H20BrNOS. The van der Waals surface area contributed by atoms with Crippen LogP contribution in [0.2, 0.25) is 0 Å². The smallest absolute Gasteiger partial charge is 0.181 e. The molecule has 0 N–H and O–H groups in total. The minimum Gasteiger partial charge on any atom is -1.00 e. The van der Waals surface area contributed by atoms with Crippen molar-refractivity contribution in [3.05, 3.63) is 22.4 Å². The van der Waals surface area contributed by atoms with Crippen molar-refractivity contribution >= 4 is 17.1 Å². The minimum atomic E-state index is 0. The average Bonchev–Trinajstić information content (AvgIpc) is 2.93. The van der Waals surface area contributed by atoms with Gasteiger partial charge in [0.2, 0.25) is 0 Å². The van der Waals surface area contributed by atoms with Gasteiger partial charge in [-0.3, -0.25) is 4.79 Å². The van der Waals surface area contributed by atoms with Gasteiger partial charge >= 0.3 is 0 Å². The largest absolute Gasteiger partial charge is 1.00 e. The minimum absolute atomic E-state index is 0. The van der Waals surface area contributed by atoms with Crippen molar-refractivity contribution in [1.82, 2.24) is 0 Å². The predicted octanol–water partition coefficient (Wildman–Crippen LogP) is -0.189. The van der Waals surface area contributed by atoms with Gasteiger partial charge in [-0.15, -0.1) is 11.3 Å². The van der Waals surface area contributed by atoms with Gasteiger partial charge in [-0.2, -0.15) is 0 Å². The molecule has 3 saturated heterocycles. The van der Waals surface area contributed by atoms with Crippen LogP contribution in [0.1, 0.15) is 29.4 Å². The van der Waals surface area contributed by atoms with E-state index in [-0.39, 0.29) is 17.0 Å². The summed E-state index contributed by atoms with van der Waals surface area (Å²) in [6, 6.07) is 3.98. The maximum absolute atomic E-state index is 12.5. The molecule has 1 aromatic rings. The van der Waals surface area contributed by atoms with Crippen LogP contribution >= 0.6 is 11.3 Å². The van der Waals surface area contributed by atoms with E-state index in [1.165, 1.54) is 37.0 Å². The molecule has 3 aliphatic rings. The maximum atomic E-state index is 12.5. The summed E-state index contributed by atoms with van der Waals surface area (Å²) in [7, 11) is 0. The number of rotatable bonds is 3. The summed E-state index contributed by atoms with van der Waals surface area (Å²) >= 11 is 1.60. The first-order valence-corrected chi connectivity index (χ1v) is 7.55. The number of carbonyl (C=O) groups is 1. The van der Waals surface area contributed by atoms with E-state index in [9.17, 15) is 4.79 Å². The Kier molecular flexibility index (Phi) is 4.29. The Morgan fingerprint density at radius 1 is 1.44 bits per heavy atom. The summed E-state index contributed by atoms with van der Waals surface area (Å²) < 4.78 is 1.19. The van der Waals surface area contributed by atoms with E-state index >= 15 is 0 Å². The molecule has 100 valence electrons. The predicted molar refractivity (Wildman–Crippen MR) is 70.3 cm³/mol. The number of ketones is 1. The standard InChI is InChI=1S/C14H20NOS.BrH/c1-2-15-7-5-11(6-8-15)12(10-15)14(16)13-4-3-9-17-13;/h3-4,9,11-12H,2,5-8,10H2,1H3;1H/q+1;/p-1. The van der Waals surface area contributed by atoms with E-state index in [4.69, 9.17) is 0 Å². The second-order valence-electron chi connectivity index (χ2n) is 5.57. The van der Waals surface area contributed by atoms with E-state index in [2.05, 4.69) is 6.92 Å². The van der Waals surface area contributed by atoms with Gasteiger partial charge < -0.3 is 21.5 Å². The summed E-state index contributed by atoms with van der Waals surface area (Å²) in [5, 5.41) is 2.01. The van der Waals surface area contributed by atoms with Gasteiger partial charge in [0.25, 0.3) is 0 Å². The van der Waals surface area contributed by atoms with Crippen LogP contribution in [0.3, 0.4) is 0 Å². The van der Waals surface area contributed by atoms with Gasteiger partial charge in [-0.1, -0.05) is 6.07 Å². The quantitative estimate of drug-likeness (QED) is 0.555. The third-order valence-electron chi connectivity index (χ3n) is 4.87. The summed E-state index contributed by atoms with van der Waals surface area (Å²) in [6.45, 7) is 7.17. The highest BCUT2D eigenvalue weighted by molar-refractivity contribution is 7.12. The number of hydrogen-bond donors (Lipinski definition) is 0. The molecule has 1 aromatic heterocycles. The number of fused-ring (bicyclic) bond motifs is 3. The SMILES string of the molecule is CC[N+]12CCC(CC1)C(C(=O)c1cccs1)C2.[Br-]. The molecule has 4 rings (SSSR count). The molecule has 1 atom stereocenters. The highest BCUT2D eigenvalue weighted by Gasteiger charge is 2.47. The fourth-order valence-corrected chi connectivity index (χ4v) is 4.36. The van der Waals surface area contributed by atoms with Crippen molar-refractivity contribution in [2.24, 2.45) is 11.8 Å². The van der Waals surface area contributed by atoms with Gasteiger partial charge in [-0.05, 0) is 24.3 Å².